The van der Waals surface area contributed by atoms with Gasteiger partial charge in [0.05, 0.1) is 6.54 Å². The highest BCUT2D eigenvalue weighted by atomic mass is 16.3. The molecule has 3 atom stereocenters. The molecule has 8 nitrogen and oxygen atoms in total. The quantitative estimate of drug-likeness (QED) is 0.602. The summed E-state index contributed by atoms with van der Waals surface area (Å²) in [5.41, 5.74) is 2.09. The van der Waals surface area contributed by atoms with Crippen LogP contribution in [0.2, 0.25) is 0 Å². The Morgan fingerprint density at radius 1 is 1.17 bits per heavy atom. The second-order valence-electron chi connectivity index (χ2n) is 10.8. The number of anilines is 1. The van der Waals surface area contributed by atoms with Gasteiger partial charge in [0, 0.05) is 29.7 Å². The molecule has 4 rings (SSSR count). The van der Waals surface area contributed by atoms with Gasteiger partial charge in [-0.05, 0) is 42.0 Å². The predicted molar refractivity (Wildman–Crippen MR) is 137 cm³/mol. The molecule has 8 heteroatoms. The van der Waals surface area contributed by atoms with E-state index >= 15 is 0 Å². The summed E-state index contributed by atoms with van der Waals surface area (Å²) in [5, 5.41) is 23.1. The Morgan fingerprint density at radius 3 is 2.42 bits per heavy atom. The normalized spacial score (nSPS) is 21.1. The molecule has 2 aromatic rings. The monoisotopic (exact) mass is 489 g/mol. The van der Waals surface area contributed by atoms with Crippen LogP contribution in [0.15, 0.2) is 48.8 Å². The van der Waals surface area contributed by atoms with Gasteiger partial charge in [-0.1, -0.05) is 58.2 Å². The van der Waals surface area contributed by atoms with Crippen molar-refractivity contribution in [3.63, 3.8) is 0 Å². The van der Waals surface area contributed by atoms with Crippen molar-refractivity contribution in [3.05, 3.63) is 59.9 Å². The maximum absolute atomic E-state index is 14.0. The highest BCUT2D eigenvalue weighted by molar-refractivity contribution is 6.04. The van der Waals surface area contributed by atoms with Crippen molar-refractivity contribution in [1.82, 2.24) is 15.2 Å². The minimum absolute atomic E-state index is 0.0514. The molecule has 36 heavy (non-hydrogen) atoms. The number of carbonyl (C=O) groups is 2. The van der Waals surface area contributed by atoms with Gasteiger partial charge in [-0.25, -0.2) is 0 Å². The summed E-state index contributed by atoms with van der Waals surface area (Å²) >= 11 is 0. The first kappa shape index (κ1) is 25.6. The molecule has 1 saturated heterocycles. The molecule has 3 unspecified atom stereocenters. The molecular formula is C28H35N5O3. The summed E-state index contributed by atoms with van der Waals surface area (Å²) in [6.07, 6.45) is 9.31. The number of aliphatic hydroxyl groups excluding tert-OH is 1. The average Bonchev–Trinajstić information content (AvgIpc) is 2.86. The number of hydrogen-bond acceptors (Lipinski definition) is 6. The van der Waals surface area contributed by atoms with Crippen LogP contribution in [-0.2, 0) is 15.0 Å². The van der Waals surface area contributed by atoms with Crippen molar-refractivity contribution in [2.75, 3.05) is 11.4 Å². The average molecular weight is 490 g/mol. The van der Waals surface area contributed by atoms with Crippen molar-refractivity contribution >= 4 is 17.5 Å². The van der Waals surface area contributed by atoms with E-state index in [0.29, 0.717) is 11.3 Å². The van der Waals surface area contributed by atoms with Crippen LogP contribution in [0.25, 0.3) is 0 Å². The van der Waals surface area contributed by atoms with Crippen LogP contribution in [0.5, 0.6) is 0 Å². The minimum atomic E-state index is -1.04. The third kappa shape index (κ3) is 5.36. The van der Waals surface area contributed by atoms with Gasteiger partial charge in [0.25, 0.3) is 5.91 Å². The molecule has 2 fully saturated rings. The van der Waals surface area contributed by atoms with E-state index in [9.17, 15) is 20.0 Å². The molecule has 1 aliphatic carbocycles. The third-order valence-corrected chi connectivity index (χ3v) is 7.17. The van der Waals surface area contributed by atoms with E-state index < -0.39 is 24.1 Å². The number of hydrogen-bond donors (Lipinski definition) is 2. The molecule has 2 amide bonds. The lowest BCUT2D eigenvalue weighted by Gasteiger charge is -2.44. The number of carbonyl (C=O) groups excluding carboxylic acids is 2. The van der Waals surface area contributed by atoms with Crippen molar-refractivity contribution < 1.29 is 14.7 Å². The van der Waals surface area contributed by atoms with E-state index in [0.717, 1.165) is 37.7 Å². The van der Waals surface area contributed by atoms with Gasteiger partial charge in [0.15, 0.2) is 6.19 Å². The Morgan fingerprint density at radius 2 is 1.86 bits per heavy atom. The van der Waals surface area contributed by atoms with Crippen LogP contribution in [0.3, 0.4) is 0 Å². The molecule has 1 saturated carbocycles. The molecule has 1 aromatic carbocycles. The highest BCUT2D eigenvalue weighted by Gasteiger charge is 2.48. The Bertz CT molecular complexity index is 1100. The second kappa shape index (κ2) is 10.7. The van der Waals surface area contributed by atoms with E-state index in [4.69, 9.17) is 0 Å². The summed E-state index contributed by atoms with van der Waals surface area (Å²) in [6.45, 7) is 6.42. The van der Waals surface area contributed by atoms with E-state index in [1.54, 1.807) is 24.5 Å². The van der Waals surface area contributed by atoms with Gasteiger partial charge in [0.2, 0.25) is 5.91 Å². The van der Waals surface area contributed by atoms with E-state index in [1.165, 1.54) is 9.80 Å². The fourth-order valence-corrected chi connectivity index (χ4v) is 5.04. The van der Waals surface area contributed by atoms with E-state index in [2.05, 4.69) is 31.1 Å². The van der Waals surface area contributed by atoms with Gasteiger partial charge in [-0.3, -0.25) is 24.4 Å². The maximum Gasteiger partial charge on any atom is 0.254 e. The van der Waals surface area contributed by atoms with Crippen LogP contribution in [0.1, 0.15) is 70.0 Å². The number of nitrogens with one attached hydrogen (secondary N) is 1. The van der Waals surface area contributed by atoms with Crippen LogP contribution in [0, 0.1) is 11.5 Å². The van der Waals surface area contributed by atoms with E-state index in [1.807, 2.05) is 30.5 Å². The zero-order valence-electron chi connectivity index (χ0n) is 21.2. The number of aliphatic hydroxyl groups is 1. The number of rotatable bonds is 6. The Balaban J connectivity index is 1.77. The highest BCUT2D eigenvalue weighted by Crippen LogP contribution is 2.34. The molecule has 1 aliphatic heterocycles. The first-order chi connectivity index (χ1) is 17.2. The standard InChI is InChI=1S/C28H35N5O3/c1-28(2,3)20-11-13-22(14-12-20)33(27(36)25-23(34)17-32(25)18-29)24(19-8-7-15-30-16-19)26(35)31-21-9-5-4-6-10-21/h7-8,11-16,21,23-25,34H,4-6,9-10,17H2,1-3H3,(H,31,35). The van der Waals surface area contributed by atoms with Crippen LogP contribution in [0.4, 0.5) is 5.69 Å². The molecular weight excluding hydrogens is 454 g/mol. The SMILES string of the molecule is CC(C)(C)c1ccc(N(C(=O)C2C(O)CN2C#N)C(C(=O)NC2CCCCC2)c2cccnc2)cc1. The summed E-state index contributed by atoms with van der Waals surface area (Å²) in [7, 11) is 0. The molecule has 0 bridgehead atoms. The molecule has 0 spiro atoms. The topological polar surface area (TPSA) is 110 Å². The number of nitriles is 1. The maximum atomic E-state index is 14.0. The first-order valence-corrected chi connectivity index (χ1v) is 12.7. The number of β-amino-alcohol motifs (C(OH)–C–C–N with tert-alkyl or cyclic N) is 1. The number of pyridine rings is 1. The molecule has 1 aromatic heterocycles. The zero-order valence-corrected chi connectivity index (χ0v) is 21.2. The van der Waals surface area contributed by atoms with Crippen molar-refractivity contribution in [2.45, 2.75) is 82.5 Å². The Kier molecular flexibility index (Phi) is 7.60. The first-order valence-electron chi connectivity index (χ1n) is 12.7. The molecule has 190 valence electrons. The summed E-state index contributed by atoms with van der Waals surface area (Å²) in [5.74, 6) is -0.785. The number of likely N-dealkylation sites (tertiary alicyclic amines) is 1. The fraction of sp³-hybridized carbons (Fsp3) is 0.500. The van der Waals surface area contributed by atoms with Crippen LogP contribution in [-0.4, -0.2) is 51.5 Å². The zero-order chi connectivity index (χ0) is 25.9. The number of aromatic nitrogens is 1. The lowest BCUT2D eigenvalue weighted by atomic mass is 9.87. The van der Waals surface area contributed by atoms with Gasteiger partial charge >= 0.3 is 0 Å². The largest absolute Gasteiger partial charge is 0.389 e. The van der Waals surface area contributed by atoms with Crippen molar-refractivity contribution in [1.29, 1.82) is 5.26 Å². The summed E-state index contributed by atoms with van der Waals surface area (Å²) in [6, 6.07) is 9.09. The Hall–Kier alpha value is -3.44. The predicted octanol–water partition coefficient (Wildman–Crippen LogP) is 3.43. The van der Waals surface area contributed by atoms with Gasteiger partial charge in [-0.2, -0.15) is 5.26 Å². The second-order valence-corrected chi connectivity index (χ2v) is 10.8. The number of benzene rings is 1. The fourth-order valence-electron chi connectivity index (χ4n) is 5.04. The summed E-state index contributed by atoms with van der Waals surface area (Å²) in [4.78, 5) is 34.7. The molecule has 2 aliphatic rings. The van der Waals surface area contributed by atoms with Crippen molar-refractivity contribution in [2.24, 2.45) is 0 Å². The minimum Gasteiger partial charge on any atom is -0.389 e. The smallest absolute Gasteiger partial charge is 0.254 e. The van der Waals surface area contributed by atoms with Crippen molar-refractivity contribution in [3.8, 4) is 6.19 Å². The van der Waals surface area contributed by atoms with Gasteiger partial charge < -0.3 is 10.4 Å². The lowest BCUT2D eigenvalue weighted by molar-refractivity contribution is -0.137. The van der Waals surface area contributed by atoms with Gasteiger partial charge in [0.1, 0.15) is 18.2 Å². The number of amides is 2. The van der Waals surface area contributed by atoms with E-state index in [-0.39, 0.29) is 23.9 Å². The molecule has 0 radical (unpaired) electrons. The molecule has 2 N–H and O–H groups in total. The molecule has 2 heterocycles. The third-order valence-electron chi connectivity index (χ3n) is 7.17. The van der Waals surface area contributed by atoms with Gasteiger partial charge in [-0.15, -0.1) is 0 Å². The summed E-state index contributed by atoms with van der Waals surface area (Å²) < 4.78 is 0. The van der Waals surface area contributed by atoms with Crippen LogP contribution < -0.4 is 10.2 Å². The number of nitrogens with zero attached hydrogens (tertiary/aromatic N) is 4. The van der Waals surface area contributed by atoms with Crippen LogP contribution >= 0.6 is 0 Å². The Labute approximate surface area is 212 Å². The lowest BCUT2D eigenvalue weighted by Crippen LogP contribution is -2.65.